The van der Waals surface area contributed by atoms with Crippen molar-refractivity contribution in [2.45, 2.75) is 71.0 Å². The van der Waals surface area contributed by atoms with Gasteiger partial charge < -0.3 is 15.3 Å². The lowest BCUT2D eigenvalue weighted by molar-refractivity contribution is -0.131. The molecular weight excluding hydrogens is 316 g/mol. The van der Waals surface area contributed by atoms with E-state index in [-0.39, 0.29) is 16.9 Å². The Kier molecular flexibility index (Phi) is 3.93. The Bertz CT molecular complexity index is 650. The van der Waals surface area contributed by atoms with Gasteiger partial charge in [-0.15, -0.1) is 0 Å². The van der Waals surface area contributed by atoms with Crippen LogP contribution in [0.15, 0.2) is 23.3 Å². The maximum absolute atomic E-state index is 11.1. The van der Waals surface area contributed by atoms with Crippen LogP contribution in [-0.2, 0) is 4.79 Å². The van der Waals surface area contributed by atoms with E-state index in [1.54, 1.807) is 0 Å². The van der Waals surface area contributed by atoms with Crippen molar-refractivity contribution in [1.82, 2.24) is 0 Å². The number of aliphatic carboxylic acids is 1. The molecule has 4 aliphatic rings. The van der Waals surface area contributed by atoms with Gasteiger partial charge in [0, 0.05) is 11.5 Å². The molecule has 3 N–H and O–H groups in total. The highest BCUT2D eigenvalue weighted by atomic mass is 16.4. The third-order valence-corrected chi connectivity index (χ3v) is 8.26. The van der Waals surface area contributed by atoms with Crippen LogP contribution in [0.4, 0.5) is 0 Å². The first-order chi connectivity index (χ1) is 11.8. The fourth-order valence-electron chi connectivity index (χ4n) is 6.80. The number of aliphatic hydroxyl groups is 2. The van der Waals surface area contributed by atoms with Crippen LogP contribution >= 0.6 is 0 Å². The van der Waals surface area contributed by atoms with Crippen molar-refractivity contribution in [3.05, 3.63) is 23.3 Å². The van der Waals surface area contributed by atoms with Crippen molar-refractivity contribution in [2.24, 2.45) is 28.6 Å². The molecule has 0 aromatic carbocycles. The predicted octanol–water partition coefficient (Wildman–Crippen LogP) is 3.29. The first-order valence-electron chi connectivity index (χ1n) is 9.75. The van der Waals surface area contributed by atoms with Gasteiger partial charge in [0.25, 0.3) is 0 Å². The zero-order valence-electron chi connectivity index (χ0n) is 15.2. The smallest absolute Gasteiger partial charge is 0.328 e. The minimum atomic E-state index is -0.952. The highest BCUT2D eigenvalue weighted by Gasteiger charge is 2.59. The van der Waals surface area contributed by atoms with E-state index in [0.717, 1.165) is 38.5 Å². The first kappa shape index (κ1) is 17.3. The minimum absolute atomic E-state index is 0.174. The largest absolute Gasteiger partial charge is 0.478 e. The number of carbonyl (C=O) groups is 1. The van der Waals surface area contributed by atoms with Crippen LogP contribution in [0, 0.1) is 28.6 Å². The topological polar surface area (TPSA) is 77.8 Å². The summed E-state index contributed by atoms with van der Waals surface area (Å²) in [6.07, 6.45) is 9.31. The van der Waals surface area contributed by atoms with Crippen LogP contribution in [-0.4, -0.2) is 33.5 Å². The quantitative estimate of drug-likeness (QED) is 0.503. The van der Waals surface area contributed by atoms with Gasteiger partial charge in [0.1, 0.15) is 0 Å². The Labute approximate surface area is 149 Å². The van der Waals surface area contributed by atoms with E-state index in [0.29, 0.717) is 29.7 Å². The standard InChI is InChI=1S/C21H30O4/c1-20-7-5-14(22)11-13(20)3-4-15-16(20)6-8-21(2)17(15)9-12(19(21)25)10-18(23)24/h3,10,14-17,19,22,25H,4-9,11H2,1-2H3,(H,23,24)/b12-10+. The second-order valence-corrected chi connectivity index (χ2v) is 9.36. The molecule has 0 saturated heterocycles. The second-order valence-electron chi connectivity index (χ2n) is 9.36. The first-order valence-corrected chi connectivity index (χ1v) is 9.75. The molecule has 7 unspecified atom stereocenters. The number of aliphatic hydroxyl groups excluding tert-OH is 2. The third kappa shape index (κ3) is 2.44. The summed E-state index contributed by atoms with van der Waals surface area (Å²) < 4.78 is 0. The van der Waals surface area contributed by atoms with Crippen LogP contribution in [0.25, 0.3) is 0 Å². The van der Waals surface area contributed by atoms with Gasteiger partial charge in [-0.25, -0.2) is 4.79 Å². The Morgan fingerprint density at radius 1 is 1.16 bits per heavy atom. The number of carboxylic acid groups (broad SMARTS) is 1. The molecule has 7 atom stereocenters. The number of fused-ring (bicyclic) bond motifs is 5. The lowest BCUT2D eigenvalue weighted by Crippen LogP contribution is -2.51. The minimum Gasteiger partial charge on any atom is -0.478 e. The summed E-state index contributed by atoms with van der Waals surface area (Å²) in [6.45, 7) is 4.54. The summed E-state index contributed by atoms with van der Waals surface area (Å²) in [4.78, 5) is 11.1. The molecule has 0 aliphatic heterocycles. The Morgan fingerprint density at radius 2 is 1.92 bits per heavy atom. The van der Waals surface area contributed by atoms with Gasteiger partial charge in [0.15, 0.2) is 0 Å². The maximum atomic E-state index is 11.1. The molecule has 0 amide bonds. The Morgan fingerprint density at radius 3 is 2.64 bits per heavy atom. The van der Waals surface area contributed by atoms with Crippen LogP contribution in [0.1, 0.15) is 58.8 Å². The van der Waals surface area contributed by atoms with Crippen molar-refractivity contribution >= 4 is 5.97 Å². The predicted molar refractivity (Wildman–Crippen MR) is 94.8 cm³/mol. The van der Waals surface area contributed by atoms with Crippen LogP contribution in [0.5, 0.6) is 0 Å². The average molecular weight is 346 g/mol. The van der Waals surface area contributed by atoms with Gasteiger partial charge in [0.2, 0.25) is 0 Å². The fourth-order valence-corrected chi connectivity index (χ4v) is 6.80. The zero-order valence-corrected chi connectivity index (χ0v) is 15.2. The summed E-state index contributed by atoms with van der Waals surface area (Å²) >= 11 is 0. The lowest BCUT2D eigenvalue weighted by atomic mass is 9.48. The SMILES string of the molecule is CC12CCC(O)CC1=CCC1C2CCC2(C)C(O)/C(=C/C(=O)O)CC12. The van der Waals surface area contributed by atoms with Gasteiger partial charge in [-0.3, -0.25) is 0 Å². The molecule has 4 aliphatic carbocycles. The van der Waals surface area contributed by atoms with Crippen molar-refractivity contribution < 1.29 is 20.1 Å². The van der Waals surface area contributed by atoms with Crippen LogP contribution < -0.4 is 0 Å². The van der Waals surface area contributed by atoms with E-state index in [9.17, 15) is 15.0 Å². The van der Waals surface area contributed by atoms with E-state index in [4.69, 9.17) is 5.11 Å². The fraction of sp³-hybridized carbons (Fsp3) is 0.762. The van der Waals surface area contributed by atoms with E-state index in [1.165, 1.54) is 11.6 Å². The molecule has 0 heterocycles. The van der Waals surface area contributed by atoms with E-state index >= 15 is 0 Å². The third-order valence-electron chi connectivity index (χ3n) is 8.26. The van der Waals surface area contributed by atoms with E-state index in [1.807, 2.05) is 0 Å². The van der Waals surface area contributed by atoms with Crippen molar-refractivity contribution in [2.75, 3.05) is 0 Å². The molecule has 0 bridgehead atoms. The normalized spacial score (nSPS) is 50.6. The highest BCUT2D eigenvalue weighted by Crippen LogP contribution is 2.65. The molecular formula is C21H30O4. The van der Waals surface area contributed by atoms with Gasteiger partial charge in [-0.2, -0.15) is 0 Å². The van der Waals surface area contributed by atoms with E-state index < -0.39 is 12.1 Å². The van der Waals surface area contributed by atoms with Crippen molar-refractivity contribution in [3.8, 4) is 0 Å². The Balaban J connectivity index is 1.68. The average Bonchev–Trinajstić information content (AvgIpc) is 2.79. The lowest BCUT2D eigenvalue weighted by Gasteiger charge is -2.57. The molecule has 0 aromatic heterocycles. The number of rotatable bonds is 1. The number of carboxylic acids is 1. The summed E-state index contributed by atoms with van der Waals surface area (Å²) in [7, 11) is 0. The van der Waals surface area contributed by atoms with Crippen molar-refractivity contribution in [3.63, 3.8) is 0 Å². The molecule has 3 saturated carbocycles. The number of hydrogen-bond donors (Lipinski definition) is 3. The zero-order chi connectivity index (χ0) is 18.0. The van der Waals surface area contributed by atoms with Crippen molar-refractivity contribution in [1.29, 1.82) is 0 Å². The molecule has 0 spiro atoms. The molecule has 3 fully saturated rings. The summed E-state index contributed by atoms with van der Waals surface area (Å²) in [5.74, 6) is 0.506. The van der Waals surface area contributed by atoms with Gasteiger partial charge in [0.05, 0.1) is 12.2 Å². The van der Waals surface area contributed by atoms with Crippen LogP contribution in [0.3, 0.4) is 0 Å². The van der Waals surface area contributed by atoms with Gasteiger partial charge >= 0.3 is 5.97 Å². The summed E-state index contributed by atoms with van der Waals surface area (Å²) in [5.41, 5.74) is 2.13. The number of hydrogen-bond acceptors (Lipinski definition) is 3. The summed E-state index contributed by atoms with van der Waals surface area (Å²) in [6, 6.07) is 0. The molecule has 138 valence electrons. The van der Waals surface area contributed by atoms with Gasteiger partial charge in [-0.05, 0) is 73.7 Å². The van der Waals surface area contributed by atoms with E-state index in [2.05, 4.69) is 19.9 Å². The molecule has 25 heavy (non-hydrogen) atoms. The second kappa shape index (κ2) is 5.68. The molecule has 4 rings (SSSR count). The van der Waals surface area contributed by atoms with Crippen LogP contribution in [0.2, 0.25) is 0 Å². The van der Waals surface area contributed by atoms with Gasteiger partial charge in [-0.1, -0.05) is 25.5 Å². The molecule has 0 radical (unpaired) electrons. The molecule has 0 aromatic rings. The molecule has 4 heteroatoms. The molecule has 4 nitrogen and oxygen atoms in total. The highest BCUT2D eigenvalue weighted by molar-refractivity contribution is 5.81. The number of allylic oxidation sites excluding steroid dienone is 1. The monoisotopic (exact) mass is 346 g/mol. The Hall–Kier alpha value is -1.13. The summed E-state index contributed by atoms with van der Waals surface area (Å²) in [5, 5.41) is 30.0. The maximum Gasteiger partial charge on any atom is 0.328 e.